The fourth-order valence-corrected chi connectivity index (χ4v) is 5.12. The molecule has 4 saturated carbocycles. The predicted molar refractivity (Wildman–Crippen MR) is 64.6 cm³/mol. The summed E-state index contributed by atoms with van der Waals surface area (Å²) >= 11 is 0. The fraction of sp³-hybridized carbons (Fsp3) is 0.867. The third-order valence-electron chi connectivity index (χ3n) is 6.12. The van der Waals surface area contributed by atoms with Crippen molar-refractivity contribution in [3.05, 3.63) is 11.6 Å². The second kappa shape index (κ2) is 3.12. The monoisotopic (exact) mass is 204 g/mol. The zero-order valence-corrected chi connectivity index (χ0v) is 10.4. The molecule has 0 N–H and O–H groups in total. The summed E-state index contributed by atoms with van der Waals surface area (Å²) in [5, 5.41) is 0. The molecule has 0 saturated heterocycles. The maximum atomic E-state index is 2.56. The maximum Gasteiger partial charge on any atom is -0.00624 e. The van der Waals surface area contributed by atoms with E-state index in [1.165, 1.54) is 25.7 Å². The van der Waals surface area contributed by atoms with Crippen molar-refractivity contribution in [2.75, 3.05) is 0 Å². The Kier molecular flexibility index (Phi) is 2.06. The van der Waals surface area contributed by atoms with Gasteiger partial charge in [-0.05, 0) is 75.0 Å². The van der Waals surface area contributed by atoms with Gasteiger partial charge in [-0.25, -0.2) is 0 Å². The molecule has 4 rings (SSSR count). The van der Waals surface area contributed by atoms with Crippen LogP contribution in [0.1, 0.15) is 52.9 Å². The Bertz CT molecular complexity index is 269. The molecule has 0 amide bonds. The van der Waals surface area contributed by atoms with Gasteiger partial charge in [0.1, 0.15) is 0 Å². The van der Waals surface area contributed by atoms with E-state index in [-0.39, 0.29) is 0 Å². The quantitative estimate of drug-likeness (QED) is 0.555. The molecule has 0 aromatic rings. The summed E-state index contributed by atoms with van der Waals surface area (Å²) in [7, 11) is 0. The zero-order chi connectivity index (χ0) is 10.6. The van der Waals surface area contributed by atoms with Crippen LogP contribution in [-0.2, 0) is 0 Å². The van der Waals surface area contributed by atoms with Crippen LogP contribution in [-0.4, -0.2) is 0 Å². The van der Waals surface area contributed by atoms with Gasteiger partial charge < -0.3 is 0 Å². The topological polar surface area (TPSA) is 0 Å². The SMILES string of the molecule is CC=C(C)C1(C)C2CC3CC(C2)CC1C3. The van der Waals surface area contributed by atoms with E-state index < -0.39 is 0 Å². The third kappa shape index (κ3) is 1.20. The average molecular weight is 204 g/mol. The van der Waals surface area contributed by atoms with Crippen LogP contribution in [0, 0.1) is 29.1 Å². The van der Waals surface area contributed by atoms with Crippen LogP contribution in [0.25, 0.3) is 0 Å². The van der Waals surface area contributed by atoms with Crippen molar-refractivity contribution in [3.8, 4) is 0 Å². The molecule has 4 fully saturated rings. The Morgan fingerprint density at radius 1 is 1.00 bits per heavy atom. The number of hydrogen-bond donors (Lipinski definition) is 0. The van der Waals surface area contributed by atoms with Crippen LogP contribution in [0.2, 0.25) is 0 Å². The Morgan fingerprint density at radius 3 is 1.87 bits per heavy atom. The summed E-state index contributed by atoms with van der Waals surface area (Å²) < 4.78 is 0. The Morgan fingerprint density at radius 2 is 1.47 bits per heavy atom. The highest BCUT2D eigenvalue weighted by atomic mass is 14.6. The molecule has 4 aliphatic rings. The molecule has 0 heterocycles. The van der Waals surface area contributed by atoms with Gasteiger partial charge in [0.2, 0.25) is 0 Å². The van der Waals surface area contributed by atoms with Gasteiger partial charge in [-0.15, -0.1) is 0 Å². The van der Waals surface area contributed by atoms with Crippen LogP contribution in [0.3, 0.4) is 0 Å². The average Bonchev–Trinajstić information content (AvgIpc) is 2.23. The molecular weight excluding hydrogens is 180 g/mol. The minimum Gasteiger partial charge on any atom is -0.0882 e. The van der Waals surface area contributed by atoms with Crippen LogP contribution in [0.5, 0.6) is 0 Å². The maximum absolute atomic E-state index is 2.56. The van der Waals surface area contributed by atoms with Gasteiger partial charge in [-0.1, -0.05) is 18.6 Å². The van der Waals surface area contributed by atoms with Gasteiger partial charge in [-0.2, -0.15) is 0 Å². The molecule has 0 spiro atoms. The highest BCUT2D eigenvalue weighted by Crippen LogP contribution is 2.64. The van der Waals surface area contributed by atoms with Crippen molar-refractivity contribution in [1.82, 2.24) is 0 Å². The summed E-state index contributed by atoms with van der Waals surface area (Å²) in [5.74, 6) is 4.24. The van der Waals surface area contributed by atoms with E-state index in [4.69, 9.17) is 0 Å². The lowest BCUT2D eigenvalue weighted by atomic mass is 9.44. The van der Waals surface area contributed by atoms with E-state index in [1.54, 1.807) is 12.0 Å². The van der Waals surface area contributed by atoms with Gasteiger partial charge in [0.05, 0.1) is 0 Å². The van der Waals surface area contributed by atoms with Crippen molar-refractivity contribution in [3.63, 3.8) is 0 Å². The molecule has 0 heteroatoms. The van der Waals surface area contributed by atoms with Crippen LogP contribution >= 0.6 is 0 Å². The van der Waals surface area contributed by atoms with E-state index in [1.807, 2.05) is 0 Å². The Labute approximate surface area is 94.1 Å². The van der Waals surface area contributed by atoms with Crippen LogP contribution < -0.4 is 0 Å². The van der Waals surface area contributed by atoms with Gasteiger partial charge in [-0.3, -0.25) is 0 Å². The second-order valence-electron chi connectivity index (χ2n) is 6.56. The minimum atomic E-state index is 0.572. The highest BCUT2D eigenvalue weighted by molar-refractivity contribution is 5.19. The van der Waals surface area contributed by atoms with E-state index in [0.29, 0.717) is 5.41 Å². The number of allylic oxidation sites excluding steroid dienone is 2. The first-order valence-electron chi connectivity index (χ1n) is 6.78. The van der Waals surface area contributed by atoms with Crippen molar-refractivity contribution in [2.24, 2.45) is 29.1 Å². The summed E-state index contributed by atoms with van der Waals surface area (Å²) in [5.41, 5.74) is 2.25. The lowest BCUT2D eigenvalue weighted by Gasteiger charge is -2.61. The van der Waals surface area contributed by atoms with E-state index in [9.17, 15) is 0 Å². The Hall–Kier alpha value is -0.260. The largest absolute Gasteiger partial charge is 0.0882 e. The third-order valence-corrected chi connectivity index (χ3v) is 6.12. The second-order valence-corrected chi connectivity index (χ2v) is 6.56. The van der Waals surface area contributed by atoms with Gasteiger partial charge in [0.15, 0.2) is 0 Å². The van der Waals surface area contributed by atoms with Crippen molar-refractivity contribution >= 4 is 0 Å². The number of rotatable bonds is 1. The van der Waals surface area contributed by atoms with Gasteiger partial charge in [0, 0.05) is 0 Å². The Balaban J connectivity index is 1.98. The van der Waals surface area contributed by atoms with Gasteiger partial charge >= 0.3 is 0 Å². The van der Waals surface area contributed by atoms with Crippen molar-refractivity contribution < 1.29 is 0 Å². The molecule has 4 bridgehead atoms. The van der Waals surface area contributed by atoms with Gasteiger partial charge in [0.25, 0.3) is 0 Å². The summed E-state index contributed by atoms with van der Waals surface area (Å²) in [6, 6.07) is 0. The highest BCUT2D eigenvalue weighted by Gasteiger charge is 2.54. The zero-order valence-electron chi connectivity index (χ0n) is 10.4. The molecule has 0 nitrogen and oxygen atoms in total. The molecule has 0 aliphatic heterocycles. The first kappa shape index (κ1) is 9.93. The van der Waals surface area contributed by atoms with E-state index in [0.717, 1.165) is 23.7 Å². The molecule has 0 unspecified atom stereocenters. The first-order valence-corrected chi connectivity index (χ1v) is 6.78. The molecule has 0 atom stereocenters. The molecule has 0 radical (unpaired) electrons. The lowest BCUT2D eigenvalue weighted by Crippen LogP contribution is -2.51. The van der Waals surface area contributed by atoms with E-state index >= 15 is 0 Å². The summed E-state index contributed by atoms with van der Waals surface area (Å²) in [6.45, 7) is 7.17. The molecule has 0 aromatic heterocycles. The molecular formula is C15H24. The predicted octanol–water partition coefficient (Wildman–Crippen LogP) is 4.42. The van der Waals surface area contributed by atoms with Crippen LogP contribution in [0.4, 0.5) is 0 Å². The molecule has 4 aliphatic carbocycles. The summed E-state index contributed by atoms with van der Waals surface area (Å²) in [4.78, 5) is 0. The fourth-order valence-electron chi connectivity index (χ4n) is 5.12. The van der Waals surface area contributed by atoms with Crippen LogP contribution in [0.15, 0.2) is 11.6 Å². The molecule has 0 aromatic carbocycles. The lowest BCUT2D eigenvalue weighted by molar-refractivity contribution is -0.0771. The minimum absolute atomic E-state index is 0.572. The smallest absolute Gasteiger partial charge is 0.00624 e. The summed E-state index contributed by atoms with van der Waals surface area (Å²) in [6.07, 6.45) is 10.1. The molecule has 15 heavy (non-hydrogen) atoms. The first-order chi connectivity index (χ1) is 7.14. The van der Waals surface area contributed by atoms with E-state index in [2.05, 4.69) is 26.8 Å². The standard InChI is InChI=1S/C15H24/c1-4-10(2)15(3)13-6-11-5-12(8-13)9-14(15)7-11/h4,11-14H,5-9H2,1-3H3. The van der Waals surface area contributed by atoms with Crippen molar-refractivity contribution in [1.29, 1.82) is 0 Å². The van der Waals surface area contributed by atoms with Crippen molar-refractivity contribution in [2.45, 2.75) is 52.9 Å². The normalized spacial score (nSPS) is 53.7. The number of hydrogen-bond acceptors (Lipinski definition) is 0. The molecule has 84 valence electrons.